The van der Waals surface area contributed by atoms with Crippen molar-refractivity contribution in [1.29, 1.82) is 0 Å². The van der Waals surface area contributed by atoms with Gasteiger partial charge in [0.2, 0.25) is 23.6 Å². The number of benzene rings is 2. The molecule has 5 amide bonds. The monoisotopic (exact) mass is 882 g/mol. The van der Waals surface area contributed by atoms with E-state index in [-0.39, 0.29) is 37.4 Å². The summed E-state index contributed by atoms with van der Waals surface area (Å²) >= 11 is 3.24. The molecule has 1 aliphatic heterocycles. The number of carbonyl (C=O) groups excluding carboxylic acids is 5. The van der Waals surface area contributed by atoms with E-state index in [1.807, 2.05) is 31.2 Å². The molecule has 1 aliphatic rings. The van der Waals surface area contributed by atoms with Gasteiger partial charge < -0.3 is 40.7 Å². The Labute approximate surface area is 365 Å². The lowest BCUT2D eigenvalue weighted by molar-refractivity contribution is -0.169. The van der Waals surface area contributed by atoms with Gasteiger partial charge in [-0.05, 0) is 93.4 Å². The molecule has 1 aromatic heterocycles. The Hall–Kier alpha value is -4.71. The van der Waals surface area contributed by atoms with E-state index in [0.29, 0.717) is 34.8 Å². The summed E-state index contributed by atoms with van der Waals surface area (Å²) in [6, 6.07) is 8.15. The third-order valence-electron chi connectivity index (χ3n) is 10.7. The number of rotatable bonds is 21. The van der Waals surface area contributed by atoms with Gasteiger partial charge >= 0.3 is 6.09 Å². The highest BCUT2D eigenvalue weighted by Crippen LogP contribution is 2.44. The second-order valence-corrected chi connectivity index (χ2v) is 17.6. The summed E-state index contributed by atoms with van der Waals surface area (Å²) in [4.78, 5) is 70.2. The maximum atomic E-state index is 14.7. The molecule has 0 aliphatic carbocycles. The minimum absolute atomic E-state index is 0.0779. The third kappa shape index (κ3) is 12.5. The van der Waals surface area contributed by atoms with Gasteiger partial charge in [0.25, 0.3) is 0 Å². The fourth-order valence-electron chi connectivity index (χ4n) is 6.74. The van der Waals surface area contributed by atoms with Crippen LogP contribution in [0, 0.1) is 25.6 Å². The number of hydrogen-bond acceptors (Lipinski definition) is 11. The Morgan fingerprint density at radius 2 is 1.59 bits per heavy atom. The van der Waals surface area contributed by atoms with Crippen LogP contribution in [0.25, 0.3) is 16.5 Å². The van der Waals surface area contributed by atoms with Crippen LogP contribution in [0.4, 0.5) is 9.18 Å². The molecule has 0 saturated heterocycles. The molecule has 61 heavy (non-hydrogen) atoms. The summed E-state index contributed by atoms with van der Waals surface area (Å²) in [5.41, 5.74) is 5.06. The lowest BCUT2D eigenvalue weighted by Gasteiger charge is -2.35. The highest BCUT2D eigenvalue weighted by Gasteiger charge is 2.48. The largest absolute Gasteiger partial charge is 0.449 e. The first-order chi connectivity index (χ1) is 28.9. The number of ether oxygens (including phenoxy) is 2. The first kappa shape index (κ1) is 49.0. The number of methoxy groups -OCH3 is 1. The maximum Gasteiger partial charge on any atom is 0.407 e. The van der Waals surface area contributed by atoms with Gasteiger partial charge in [-0.25, -0.2) is 14.2 Å². The van der Waals surface area contributed by atoms with Crippen molar-refractivity contribution in [3.63, 3.8) is 0 Å². The summed E-state index contributed by atoms with van der Waals surface area (Å²) < 4.78 is 25.8. The predicted octanol–water partition coefficient (Wildman–Crippen LogP) is 5.44. The zero-order valence-corrected chi connectivity index (χ0v) is 37.9. The molecule has 0 fully saturated rings. The summed E-state index contributed by atoms with van der Waals surface area (Å²) in [5, 5.41) is 20.9. The number of hydrogen-bond donors (Lipinski definition) is 5. The van der Waals surface area contributed by atoms with Crippen molar-refractivity contribution in [2.75, 3.05) is 37.7 Å². The summed E-state index contributed by atoms with van der Waals surface area (Å²) in [6.07, 6.45) is 0.478. The number of aromatic nitrogens is 1. The average Bonchev–Trinajstić information content (AvgIpc) is 3.52. The fraction of sp³-hybridized carbons (Fsp3) is 0.500. The number of nitrogens with zero attached hydrogens (tertiary/aromatic N) is 2. The smallest absolute Gasteiger partial charge is 0.407 e. The molecule has 0 saturated carbocycles. The number of nitrogens with one attached hydrogen (secondary N) is 4. The van der Waals surface area contributed by atoms with Crippen molar-refractivity contribution in [3.05, 3.63) is 82.3 Å². The van der Waals surface area contributed by atoms with E-state index in [1.54, 1.807) is 50.4 Å². The van der Waals surface area contributed by atoms with E-state index in [9.17, 15) is 33.5 Å². The van der Waals surface area contributed by atoms with Gasteiger partial charge in [-0.3, -0.25) is 19.2 Å². The molecule has 4 rings (SSSR count). The van der Waals surface area contributed by atoms with Crippen LogP contribution in [0.5, 0.6) is 0 Å². The predicted molar refractivity (Wildman–Crippen MR) is 238 cm³/mol. The van der Waals surface area contributed by atoms with Crippen LogP contribution in [0.2, 0.25) is 0 Å². The number of alkyl carbamates (subject to hydrolysis) is 1. The highest BCUT2D eigenvalue weighted by atomic mass is 32.2. The van der Waals surface area contributed by atoms with Crippen LogP contribution in [-0.4, -0.2) is 101 Å². The molecule has 332 valence electrons. The van der Waals surface area contributed by atoms with Gasteiger partial charge in [0.05, 0.1) is 42.8 Å². The number of aryl methyl sites for hydroxylation is 2. The number of aliphatic hydroxyl groups is 1. The first-order valence-electron chi connectivity index (χ1n) is 20.2. The quantitative estimate of drug-likeness (QED) is 0.0678. The third-order valence-corrected chi connectivity index (χ3v) is 12.7. The molecule has 3 aromatic rings. The minimum Gasteiger partial charge on any atom is -0.449 e. The van der Waals surface area contributed by atoms with Crippen LogP contribution in [0.3, 0.4) is 0 Å². The number of thioether (sulfide) groups is 2. The van der Waals surface area contributed by atoms with Gasteiger partial charge in [-0.2, -0.15) is 11.8 Å². The van der Waals surface area contributed by atoms with Crippen LogP contribution in [0.1, 0.15) is 81.0 Å². The van der Waals surface area contributed by atoms with E-state index in [0.717, 1.165) is 51.1 Å². The molecular formula is C44H59FN6O8S2. The summed E-state index contributed by atoms with van der Waals surface area (Å²) in [7, 11) is 1.51. The van der Waals surface area contributed by atoms with Crippen molar-refractivity contribution >= 4 is 69.7 Å². The second kappa shape index (κ2) is 22.4. The van der Waals surface area contributed by atoms with E-state index < -0.39 is 47.7 Å². The first-order valence-corrected chi connectivity index (χ1v) is 22.5. The Morgan fingerprint density at radius 1 is 0.951 bits per heavy atom. The SMILES string of the molecule is C=C(CCOC(=O)N[C@@H](C)C(=O)N[C@@H](C)C(=O)N[C@@H](C)C(=O)NCSCCCSCc1c2c(nc3cc(F)c(C)cc13)C(C)(OC)N(C(=O)C(C)CO)C2)c1ccccc1C. The molecule has 14 nitrogen and oxygen atoms in total. The van der Waals surface area contributed by atoms with Crippen molar-refractivity contribution in [2.45, 2.75) is 97.5 Å². The maximum absolute atomic E-state index is 14.7. The van der Waals surface area contributed by atoms with Crippen molar-refractivity contribution in [2.24, 2.45) is 5.92 Å². The van der Waals surface area contributed by atoms with Crippen molar-refractivity contribution in [1.82, 2.24) is 31.2 Å². The number of amides is 5. The molecule has 0 spiro atoms. The lowest BCUT2D eigenvalue weighted by atomic mass is 9.99. The Bertz CT molecular complexity index is 2110. The molecule has 0 radical (unpaired) electrons. The molecule has 2 aromatic carbocycles. The Morgan fingerprint density at radius 3 is 2.25 bits per heavy atom. The second-order valence-electron chi connectivity index (χ2n) is 15.4. The lowest BCUT2D eigenvalue weighted by Crippen LogP contribution is -2.54. The molecule has 17 heteroatoms. The Balaban J connectivity index is 1.17. The van der Waals surface area contributed by atoms with Gasteiger partial charge in [-0.15, -0.1) is 11.8 Å². The minimum atomic E-state index is -1.19. The number of aliphatic hydroxyl groups excluding tert-OH is 1. The van der Waals surface area contributed by atoms with E-state index >= 15 is 0 Å². The van der Waals surface area contributed by atoms with E-state index in [4.69, 9.17) is 14.5 Å². The molecule has 5 atom stereocenters. The van der Waals surface area contributed by atoms with Gasteiger partial charge in [0.1, 0.15) is 23.9 Å². The van der Waals surface area contributed by atoms with Crippen LogP contribution >= 0.6 is 23.5 Å². The molecule has 5 N–H and O–H groups in total. The zero-order chi connectivity index (χ0) is 45.0. The highest BCUT2D eigenvalue weighted by molar-refractivity contribution is 7.99. The number of carbonyl (C=O) groups is 5. The Kier molecular flexibility index (Phi) is 18.0. The number of pyridine rings is 1. The van der Waals surface area contributed by atoms with Gasteiger partial charge in [-0.1, -0.05) is 37.8 Å². The van der Waals surface area contributed by atoms with Gasteiger partial charge in [0.15, 0.2) is 5.72 Å². The van der Waals surface area contributed by atoms with Crippen LogP contribution in [-0.2, 0) is 46.7 Å². The van der Waals surface area contributed by atoms with Crippen LogP contribution in [0.15, 0.2) is 43.0 Å². The number of halogens is 1. The van der Waals surface area contributed by atoms with E-state index in [1.165, 1.54) is 38.8 Å². The normalized spacial score (nSPS) is 16.5. The zero-order valence-electron chi connectivity index (χ0n) is 36.2. The summed E-state index contributed by atoms with van der Waals surface area (Å²) in [5.74, 6) is -0.342. The fourth-order valence-corrected chi connectivity index (χ4v) is 8.69. The molecular weight excluding hydrogens is 824 g/mol. The molecule has 0 bridgehead atoms. The van der Waals surface area contributed by atoms with Gasteiger partial charge in [0, 0.05) is 36.3 Å². The van der Waals surface area contributed by atoms with E-state index in [2.05, 4.69) is 27.8 Å². The van der Waals surface area contributed by atoms with Crippen molar-refractivity contribution < 1.29 is 42.9 Å². The number of fused-ring (bicyclic) bond motifs is 2. The van der Waals surface area contributed by atoms with Crippen LogP contribution < -0.4 is 21.3 Å². The topological polar surface area (TPSA) is 188 Å². The average molecular weight is 883 g/mol. The molecule has 2 unspecified atom stereocenters. The van der Waals surface area contributed by atoms with Crippen molar-refractivity contribution in [3.8, 4) is 0 Å². The molecule has 2 heterocycles. The summed E-state index contributed by atoms with van der Waals surface area (Å²) in [6.45, 7) is 15.7. The standard InChI is InChI=1S/C44H59FN6O8S2/c1-25-13-10-11-14-32(25)26(2)15-16-59-43(57)49-31(7)41(55)48-30(6)40(54)47-29(5)39(53)46-24-61-18-12-17-60-23-35-33-19-27(3)36(45)20-37(33)50-38-34(35)21-51(44(38,8)58-9)42(56)28(4)22-52/h10-11,13-14,19-20,28-31,52H,2,12,15-18,21-24H2,1,3-9H3,(H,46,53)(H,47,54)(H,48,55)(H,49,57)/t28?,29-,30-,31-,44?/m0/s1.